The number of ether oxygens (including phenoxy) is 3. The third-order valence-electron chi connectivity index (χ3n) is 7.33. The van der Waals surface area contributed by atoms with Crippen molar-refractivity contribution >= 4 is 23.1 Å². The van der Waals surface area contributed by atoms with Crippen molar-refractivity contribution < 1.29 is 24.1 Å². The van der Waals surface area contributed by atoms with Gasteiger partial charge in [-0.1, -0.05) is 35.9 Å². The molecule has 204 valence electrons. The number of fused-ring (bicyclic) bond motifs is 2. The van der Waals surface area contributed by atoms with Crippen LogP contribution in [0.2, 0.25) is 5.02 Å². The third kappa shape index (κ3) is 6.44. The summed E-state index contributed by atoms with van der Waals surface area (Å²) in [4.78, 5) is 18.8. The van der Waals surface area contributed by atoms with Crippen molar-refractivity contribution in [2.24, 2.45) is 0 Å². The van der Waals surface area contributed by atoms with Crippen molar-refractivity contribution in [2.45, 2.75) is 38.2 Å². The fourth-order valence-electron chi connectivity index (χ4n) is 5.20. The average Bonchev–Trinajstić information content (AvgIpc) is 3.10. The Balaban J connectivity index is 1.28. The molecule has 2 aliphatic rings. The third-order valence-corrected chi connectivity index (χ3v) is 7.58. The van der Waals surface area contributed by atoms with Crippen LogP contribution in [0.3, 0.4) is 0 Å². The van der Waals surface area contributed by atoms with Crippen molar-refractivity contribution in [1.29, 1.82) is 0 Å². The number of benzene rings is 2. The number of likely N-dealkylation sites (tertiary alicyclic amines) is 1. The summed E-state index contributed by atoms with van der Waals surface area (Å²) in [5.74, 6) is 1.40. The SMILES string of the molecule is CCOC(=O)COc1cccc2c1CC(=CCCN1CCC(O)(c3ccc(Cl)cc3)CC1)c1cccnc1O2. The molecule has 1 fully saturated rings. The van der Waals surface area contributed by atoms with Crippen LogP contribution in [0.15, 0.2) is 66.9 Å². The van der Waals surface area contributed by atoms with Gasteiger partial charge in [0.15, 0.2) is 6.61 Å². The van der Waals surface area contributed by atoms with E-state index in [0.717, 1.165) is 48.3 Å². The topological polar surface area (TPSA) is 81.1 Å². The van der Waals surface area contributed by atoms with Crippen molar-refractivity contribution in [3.63, 3.8) is 0 Å². The van der Waals surface area contributed by atoms with Gasteiger partial charge in [-0.2, -0.15) is 0 Å². The Labute approximate surface area is 234 Å². The van der Waals surface area contributed by atoms with Gasteiger partial charge in [0.25, 0.3) is 0 Å². The van der Waals surface area contributed by atoms with Gasteiger partial charge in [0.2, 0.25) is 5.88 Å². The van der Waals surface area contributed by atoms with Gasteiger partial charge in [-0.15, -0.1) is 0 Å². The normalized spacial score (nSPS) is 17.5. The number of nitrogens with zero attached hydrogens (tertiary/aromatic N) is 2. The number of pyridine rings is 1. The van der Waals surface area contributed by atoms with Gasteiger partial charge < -0.3 is 24.2 Å². The highest BCUT2D eigenvalue weighted by Crippen LogP contribution is 2.41. The molecule has 39 heavy (non-hydrogen) atoms. The number of piperidine rings is 1. The molecule has 5 rings (SSSR count). The Kier molecular flexibility index (Phi) is 8.50. The molecule has 1 N–H and O–H groups in total. The van der Waals surface area contributed by atoms with E-state index < -0.39 is 11.6 Å². The molecule has 1 aromatic heterocycles. The smallest absolute Gasteiger partial charge is 0.344 e. The first-order valence-corrected chi connectivity index (χ1v) is 13.8. The zero-order valence-electron chi connectivity index (χ0n) is 22.1. The second-order valence-corrected chi connectivity index (χ2v) is 10.3. The minimum Gasteiger partial charge on any atom is -0.481 e. The minimum atomic E-state index is -0.813. The van der Waals surface area contributed by atoms with E-state index in [0.29, 0.717) is 48.3 Å². The number of hydrogen-bond donors (Lipinski definition) is 1. The summed E-state index contributed by atoms with van der Waals surface area (Å²) in [5.41, 5.74) is 3.03. The van der Waals surface area contributed by atoms with E-state index in [4.69, 9.17) is 25.8 Å². The van der Waals surface area contributed by atoms with E-state index in [-0.39, 0.29) is 6.61 Å². The molecule has 0 unspecified atom stereocenters. The number of carbonyl (C=O) groups excluding carboxylic acids is 1. The Morgan fingerprint density at radius 3 is 2.72 bits per heavy atom. The lowest BCUT2D eigenvalue weighted by Gasteiger charge is -2.38. The number of rotatable bonds is 8. The number of hydrogen-bond acceptors (Lipinski definition) is 7. The van der Waals surface area contributed by atoms with Crippen LogP contribution in [0.5, 0.6) is 17.4 Å². The number of allylic oxidation sites excluding steroid dienone is 1. The number of aromatic nitrogens is 1. The van der Waals surface area contributed by atoms with Gasteiger partial charge >= 0.3 is 5.97 Å². The second kappa shape index (κ2) is 12.2. The number of halogens is 1. The van der Waals surface area contributed by atoms with Gasteiger partial charge in [-0.05, 0) is 73.7 Å². The fraction of sp³-hybridized carbons (Fsp3) is 0.355. The van der Waals surface area contributed by atoms with E-state index in [1.807, 2.05) is 54.6 Å². The molecule has 3 aromatic rings. The zero-order chi connectivity index (χ0) is 27.2. The standard InChI is InChI=1S/C31H33ClN2O5/c1-2-37-29(35)21-38-27-8-3-9-28-26(27)20-22(25-7-4-16-33-30(25)39-28)6-5-17-34-18-14-31(36,15-19-34)23-10-12-24(32)13-11-23/h3-4,6-13,16,36H,2,5,14-15,17-21H2,1H3. The van der Waals surface area contributed by atoms with Crippen LogP contribution in [0, 0.1) is 0 Å². The largest absolute Gasteiger partial charge is 0.481 e. The van der Waals surface area contributed by atoms with Gasteiger partial charge in [0.05, 0.1) is 12.2 Å². The molecular formula is C31H33ClN2O5. The van der Waals surface area contributed by atoms with Crippen LogP contribution in [-0.2, 0) is 21.6 Å². The van der Waals surface area contributed by atoms with Gasteiger partial charge in [0, 0.05) is 48.4 Å². The summed E-state index contributed by atoms with van der Waals surface area (Å²) >= 11 is 6.03. The maximum atomic E-state index is 11.9. The predicted octanol–water partition coefficient (Wildman–Crippen LogP) is 5.78. The molecule has 0 saturated carbocycles. The summed E-state index contributed by atoms with van der Waals surface area (Å²) in [6.07, 6.45) is 6.74. The van der Waals surface area contributed by atoms with Crippen LogP contribution in [-0.4, -0.2) is 53.8 Å². The van der Waals surface area contributed by atoms with E-state index in [9.17, 15) is 9.90 Å². The van der Waals surface area contributed by atoms with Crippen LogP contribution in [0.1, 0.15) is 42.9 Å². The maximum Gasteiger partial charge on any atom is 0.344 e. The molecule has 2 aliphatic heterocycles. The Morgan fingerprint density at radius 2 is 1.95 bits per heavy atom. The number of esters is 1. The Bertz CT molecular complexity index is 1330. The molecule has 8 heteroatoms. The van der Waals surface area contributed by atoms with Crippen LogP contribution < -0.4 is 9.47 Å². The highest BCUT2D eigenvalue weighted by atomic mass is 35.5. The van der Waals surface area contributed by atoms with Crippen LogP contribution in [0.4, 0.5) is 0 Å². The first kappa shape index (κ1) is 27.2. The first-order chi connectivity index (χ1) is 18.9. The van der Waals surface area contributed by atoms with Gasteiger partial charge in [-0.3, -0.25) is 0 Å². The Morgan fingerprint density at radius 1 is 1.15 bits per heavy atom. The van der Waals surface area contributed by atoms with Crippen molar-refractivity contribution in [3.8, 4) is 17.4 Å². The predicted molar refractivity (Wildman–Crippen MR) is 150 cm³/mol. The highest BCUT2D eigenvalue weighted by molar-refractivity contribution is 6.30. The minimum absolute atomic E-state index is 0.161. The van der Waals surface area contributed by atoms with Gasteiger partial charge in [0.1, 0.15) is 11.5 Å². The van der Waals surface area contributed by atoms with E-state index in [1.165, 1.54) is 0 Å². The molecule has 0 bridgehead atoms. The molecule has 3 heterocycles. The van der Waals surface area contributed by atoms with Crippen LogP contribution in [0.25, 0.3) is 5.57 Å². The molecule has 0 aliphatic carbocycles. The summed E-state index contributed by atoms with van der Waals surface area (Å²) < 4.78 is 17.1. The monoisotopic (exact) mass is 548 g/mol. The number of carbonyl (C=O) groups is 1. The molecule has 0 amide bonds. The average molecular weight is 549 g/mol. The molecule has 7 nitrogen and oxygen atoms in total. The van der Waals surface area contributed by atoms with E-state index in [2.05, 4.69) is 16.0 Å². The second-order valence-electron chi connectivity index (χ2n) is 9.86. The fourth-order valence-corrected chi connectivity index (χ4v) is 5.32. The summed E-state index contributed by atoms with van der Waals surface area (Å²) in [5, 5.41) is 11.9. The lowest BCUT2D eigenvalue weighted by molar-refractivity contribution is -0.145. The molecule has 0 radical (unpaired) electrons. The van der Waals surface area contributed by atoms with Crippen LogP contribution >= 0.6 is 11.6 Å². The first-order valence-electron chi connectivity index (χ1n) is 13.4. The summed E-state index contributed by atoms with van der Waals surface area (Å²) in [7, 11) is 0. The van der Waals surface area contributed by atoms with E-state index in [1.54, 1.807) is 13.1 Å². The van der Waals surface area contributed by atoms with Gasteiger partial charge in [-0.25, -0.2) is 9.78 Å². The van der Waals surface area contributed by atoms with Crippen molar-refractivity contribution in [2.75, 3.05) is 32.8 Å². The number of aliphatic hydroxyl groups is 1. The molecule has 0 atom stereocenters. The summed E-state index contributed by atoms with van der Waals surface area (Å²) in [6, 6.07) is 17.0. The summed E-state index contributed by atoms with van der Waals surface area (Å²) in [6.45, 7) is 4.43. The quantitative estimate of drug-likeness (QED) is 0.357. The highest BCUT2D eigenvalue weighted by Gasteiger charge is 2.33. The maximum absolute atomic E-state index is 11.9. The Hall–Kier alpha value is -3.39. The zero-order valence-corrected chi connectivity index (χ0v) is 22.8. The lowest BCUT2D eigenvalue weighted by Crippen LogP contribution is -2.42. The van der Waals surface area contributed by atoms with Crippen molar-refractivity contribution in [1.82, 2.24) is 9.88 Å². The molecular weight excluding hydrogens is 516 g/mol. The molecule has 1 saturated heterocycles. The van der Waals surface area contributed by atoms with Crippen molar-refractivity contribution in [3.05, 3.63) is 88.6 Å². The molecule has 2 aromatic carbocycles. The molecule has 0 spiro atoms. The lowest BCUT2D eigenvalue weighted by atomic mass is 9.84. The van der Waals surface area contributed by atoms with E-state index >= 15 is 0 Å².